The van der Waals surface area contributed by atoms with E-state index in [1.54, 1.807) is 10.9 Å². The summed E-state index contributed by atoms with van der Waals surface area (Å²) >= 11 is 0. The first-order chi connectivity index (χ1) is 8.34. The van der Waals surface area contributed by atoms with Crippen LogP contribution >= 0.6 is 0 Å². The van der Waals surface area contributed by atoms with E-state index < -0.39 is 9.84 Å². The largest absolute Gasteiger partial charge is 0.314 e. The van der Waals surface area contributed by atoms with Crippen molar-refractivity contribution >= 4 is 9.84 Å². The Hall–Kier alpha value is -0.880. The highest BCUT2D eigenvalue weighted by molar-refractivity contribution is 7.90. The molecule has 0 aliphatic carbocycles. The maximum absolute atomic E-state index is 11.4. The van der Waals surface area contributed by atoms with Gasteiger partial charge in [0.05, 0.1) is 12.2 Å². The fraction of sp³-hybridized carbons (Fsp3) is 0.750. The van der Waals surface area contributed by atoms with E-state index in [0.717, 1.165) is 19.4 Å². The lowest BCUT2D eigenvalue weighted by Gasteiger charge is -2.18. The maximum Gasteiger partial charge on any atom is 0.178 e. The molecule has 1 N–H and O–H groups in total. The average molecular weight is 273 g/mol. The highest BCUT2D eigenvalue weighted by Gasteiger charge is 2.14. The number of rotatable bonds is 7. The Kier molecular flexibility index (Phi) is 5.34. The van der Waals surface area contributed by atoms with Crippen LogP contribution in [-0.2, 0) is 9.84 Å². The number of nitrogens with one attached hydrogen (secondary N) is 1. The van der Waals surface area contributed by atoms with Crippen LogP contribution in [0.4, 0.5) is 0 Å². The van der Waals surface area contributed by atoms with Gasteiger partial charge in [0, 0.05) is 18.5 Å². The Morgan fingerprint density at radius 2 is 2.11 bits per heavy atom. The second kappa shape index (κ2) is 6.33. The van der Waals surface area contributed by atoms with Crippen LogP contribution in [-0.4, -0.2) is 37.0 Å². The molecular weight excluding hydrogens is 250 g/mol. The fourth-order valence-electron chi connectivity index (χ4n) is 1.85. The van der Waals surface area contributed by atoms with Gasteiger partial charge in [-0.3, -0.25) is 4.68 Å². The van der Waals surface area contributed by atoms with Gasteiger partial charge in [0.15, 0.2) is 9.84 Å². The molecule has 0 saturated carbocycles. The number of hydrogen-bond donors (Lipinski definition) is 1. The molecule has 1 aromatic heterocycles. The SMILES string of the molecule is CCCNC(C)CC(C)n1cc(S(C)(=O)=O)cn1. The van der Waals surface area contributed by atoms with Crippen molar-refractivity contribution in [1.29, 1.82) is 0 Å². The minimum atomic E-state index is -3.16. The van der Waals surface area contributed by atoms with Crippen LogP contribution in [0.15, 0.2) is 17.3 Å². The summed E-state index contributed by atoms with van der Waals surface area (Å²) in [7, 11) is -3.16. The van der Waals surface area contributed by atoms with E-state index in [1.807, 2.05) is 6.92 Å². The van der Waals surface area contributed by atoms with E-state index in [1.165, 1.54) is 12.5 Å². The minimum absolute atomic E-state index is 0.180. The highest BCUT2D eigenvalue weighted by atomic mass is 32.2. The Morgan fingerprint density at radius 3 is 2.61 bits per heavy atom. The summed E-state index contributed by atoms with van der Waals surface area (Å²) in [5.74, 6) is 0. The van der Waals surface area contributed by atoms with Crippen LogP contribution in [0.2, 0.25) is 0 Å². The van der Waals surface area contributed by atoms with E-state index >= 15 is 0 Å². The predicted molar refractivity (Wildman–Crippen MR) is 72.4 cm³/mol. The summed E-state index contributed by atoms with van der Waals surface area (Å²) in [6, 6.07) is 0.575. The number of nitrogens with zero attached hydrogens (tertiary/aromatic N) is 2. The van der Waals surface area contributed by atoms with Crippen LogP contribution in [0.1, 0.15) is 39.7 Å². The smallest absolute Gasteiger partial charge is 0.178 e. The lowest BCUT2D eigenvalue weighted by Crippen LogP contribution is -2.29. The van der Waals surface area contributed by atoms with E-state index in [-0.39, 0.29) is 10.9 Å². The van der Waals surface area contributed by atoms with Gasteiger partial charge in [-0.15, -0.1) is 0 Å². The van der Waals surface area contributed by atoms with Crippen molar-refractivity contribution in [3.05, 3.63) is 12.4 Å². The molecule has 5 nitrogen and oxygen atoms in total. The molecule has 0 aliphatic heterocycles. The first kappa shape index (κ1) is 15.2. The van der Waals surface area contributed by atoms with Crippen LogP contribution in [0.3, 0.4) is 0 Å². The molecule has 2 atom stereocenters. The highest BCUT2D eigenvalue weighted by Crippen LogP contribution is 2.15. The lowest BCUT2D eigenvalue weighted by atomic mass is 10.1. The van der Waals surface area contributed by atoms with Crippen LogP contribution in [0.5, 0.6) is 0 Å². The van der Waals surface area contributed by atoms with Gasteiger partial charge in [0.2, 0.25) is 0 Å². The Morgan fingerprint density at radius 1 is 1.44 bits per heavy atom. The fourth-order valence-corrected chi connectivity index (χ4v) is 2.38. The van der Waals surface area contributed by atoms with Gasteiger partial charge >= 0.3 is 0 Å². The van der Waals surface area contributed by atoms with Crippen LogP contribution in [0.25, 0.3) is 0 Å². The molecule has 0 radical (unpaired) electrons. The molecule has 2 unspecified atom stereocenters. The molecule has 0 fully saturated rings. The van der Waals surface area contributed by atoms with Crippen molar-refractivity contribution in [2.75, 3.05) is 12.8 Å². The van der Waals surface area contributed by atoms with Crippen molar-refractivity contribution in [3.63, 3.8) is 0 Å². The third kappa shape index (κ3) is 4.42. The Bertz CT molecular complexity index is 467. The van der Waals surface area contributed by atoms with Gasteiger partial charge in [-0.1, -0.05) is 6.92 Å². The normalized spacial score (nSPS) is 15.6. The minimum Gasteiger partial charge on any atom is -0.314 e. The molecule has 1 heterocycles. The summed E-state index contributed by atoms with van der Waals surface area (Å²) in [6.07, 6.45) is 6.25. The van der Waals surface area contributed by atoms with E-state index in [2.05, 4.69) is 24.3 Å². The van der Waals surface area contributed by atoms with Gasteiger partial charge in [-0.25, -0.2) is 8.42 Å². The Labute approximate surface area is 109 Å². The second-order valence-electron chi connectivity index (χ2n) is 4.87. The molecule has 0 spiro atoms. The molecule has 1 rings (SSSR count). The maximum atomic E-state index is 11.4. The summed E-state index contributed by atoms with van der Waals surface area (Å²) in [6.45, 7) is 7.31. The topological polar surface area (TPSA) is 64.0 Å². The molecule has 0 bridgehead atoms. The Balaban J connectivity index is 2.62. The van der Waals surface area contributed by atoms with Gasteiger partial charge < -0.3 is 5.32 Å². The predicted octanol–water partition coefficient (Wildman–Crippen LogP) is 1.63. The molecule has 6 heteroatoms. The van der Waals surface area contributed by atoms with E-state index in [4.69, 9.17) is 0 Å². The van der Waals surface area contributed by atoms with Gasteiger partial charge in [0.1, 0.15) is 4.90 Å². The number of hydrogen-bond acceptors (Lipinski definition) is 4. The molecule has 1 aromatic rings. The zero-order valence-corrected chi connectivity index (χ0v) is 12.4. The zero-order chi connectivity index (χ0) is 13.8. The third-order valence-corrected chi connectivity index (χ3v) is 3.96. The van der Waals surface area contributed by atoms with Crippen LogP contribution in [0, 0.1) is 0 Å². The standard InChI is InChI=1S/C12H23N3O2S/c1-5-6-13-10(2)7-11(3)15-9-12(8-14-15)18(4,16)17/h8-11,13H,5-7H2,1-4H3. The van der Waals surface area contributed by atoms with Crippen molar-refractivity contribution in [2.45, 2.75) is 50.6 Å². The van der Waals surface area contributed by atoms with Crippen LogP contribution < -0.4 is 5.32 Å². The molecule has 104 valence electrons. The summed E-state index contributed by atoms with van der Waals surface area (Å²) in [5.41, 5.74) is 0. The number of sulfone groups is 1. The second-order valence-corrected chi connectivity index (χ2v) is 6.88. The van der Waals surface area contributed by atoms with Gasteiger partial charge in [-0.2, -0.15) is 5.10 Å². The first-order valence-corrected chi connectivity index (χ1v) is 8.21. The van der Waals surface area contributed by atoms with Crippen molar-refractivity contribution in [2.24, 2.45) is 0 Å². The summed E-state index contributed by atoms with van der Waals surface area (Å²) < 4.78 is 24.5. The monoisotopic (exact) mass is 273 g/mol. The molecule has 0 amide bonds. The van der Waals surface area contributed by atoms with E-state index in [9.17, 15) is 8.42 Å². The molecule has 18 heavy (non-hydrogen) atoms. The van der Waals surface area contributed by atoms with Crippen molar-refractivity contribution in [1.82, 2.24) is 15.1 Å². The molecule has 0 aromatic carbocycles. The first-order valence-electron chi connectivity index (χ1n) is 6.32. The molecule has 0 aliphatic rings. The lowest BCUT2D eigenvalue weighted by molar-refractivity contribution is 0.389. The van der Waals surface area contributed by atoms with Gasteiger partial charge in [-0.05, 0) is 33.2 Å². The number of aromatic nitrogens is 2. The zero-order valence-electron chi connectivity index (χ0n) is 11.5. The molecular formula is C12H23N3O2S. The third-order valence-electron chi connectivity index (χ3n) is 2.90. The van der Waals surface area contributed by atoms with Gasteiger partial charge in [0.25, 0.3) is 0 Å². The van der Waals surface area contributed by atoms with Crippen molar-refractivity contribution < 1.29 is 8.42 Å². The average Bonchev–Trinajstić information content (AvgIpc) is 2.75. The summed E-state index contributed by atoms with van der Waals surface area (Å²) in [4.78, 5) is 0.281. The quantitative estimate of drug-likeness (QED) is 0.820. The molecule has 0 saturated heterocycles. The summed E-state index contributed by atoms with van der Waals surface area (Å²) in [5, 5.41) is 7.54. The van der Waals surface area contributed by atoms with Crippen molar-refractivity contribution in [3.8, 4) is 0 Å². The van der Waals surface area contributed by atoms with E-state index in [0.29, 0.717) is 6.04 Å².